The van der Waals surface area contributed by atoms with Crippen molar-refractivity contribution < 1.29 is 9.21 Å². The zero-order chi connectivity index (χ0) is 13.1. The Morgan fingerprint density at radius 2 is 2.22 bits per heavy atom. The van der Waals surface area contributed by atoms with Crippen LogP contribution >= 0.6 is 15.9 Å². The van der Waals surface area contributed by atoms with Gasteiger partial charge in [0.1, 0.15) is 5.76 Å². The van der Waals surface area contributed by atoms with E-state index in [0.717, 1.165) is 15.9 Å². The van der Waals surface area contributed by atoms with Crippen molar-refractivity contribution in [1.82, 2.24) is 10.3 Å². The maximum atomic E-state index is 11.9. The molecule has 0 aliphatic carbocycles. The fourth-order valence-corrected chi connectivity index (χ4v) is 1.90. The van der Waals surface area contributed by atoms with Gasteiger partial charge in [-0.15, -0.1) is 0 Å². The molecule has 2 rings (SSSR count). The lowest BCUT2D eigenvalue weighted by atomic mass is 10.2. The molecular formula is C13H13BrN2O2. The molecule has 1 aromatic carbocycles. The molecule has 0 atom stereocenters. The second kappa shape index (κ2) is 5.35. The molecule has 1 amide bonds. The number of aromatic nitrogens is 1. The molecule has 5 heteroatoms. The van der Waals surface area contributed by atoms with Crippen molar-refractivity contribution >= 4 is 21.8 Å². The van der Waals surface area contributed by atoms with Gasteiger partial charge in [0.2, 0.25) is 5.89 Å². The van der Waals surface area contributed by atoms with Gasteiger partial charge >= 0.3 is 0 Å². The third-order valence-corrected chi connectivity index (χ3v) is 3.05. The number of nitrogens with zero attached hydrogens (tertiary/aromatic N) is 1. The molecular weight excluding hydrogens is 296 g/mol. The van der Waals surface area contributed by atoms with Gasteiger partial charge in [-0.1, -0.05) is 22.0 Å². The van der Waals surface area contributed by atoms with E-state index in [-0.39, 0.29) is 5.91 Å². The predicted molar refractivity (Wildman–Crippen MR) is 71.3 cm³/mol. The molecule has 0 saturated heterocycles. The van der Waals surface area contributed by atoms with Crippen molar-refractivity contribution in [3.8, 4) is 0 Å². The van der Waals surface area contributed by atoms with Crippen LogP contribution < -0.4 is 5.32 Å². The Labute approximate surface area is 114 Å². The highest BCUT2D eigenvalue weighted by Crippen LogP contribution is 2.12. The zero-order valence-corrected chi connectivity index (χ0v) is 11.7. The number of hydrogen-bond acceptors (Lipinski definition) is 3. The smallest absolute Gasteiger partial charge is 0.251 e. The topological polar surface area (TPSA) is 55.1 Å². The van der Waals surface area contributed by atoms with Crippen LogP contribution in [-0.2, 0) is 6.54 Å². The Kier molecular flexibility index (Phi) is 3.81. The van der Waals surface area contributed by atoms with Crippen LogP contribution in [0.15, 0.2) is 33.2 Å². The van der Waals surface area contributed by atoms with Gasteiger partial charge in [0.25, 0.3) is 5.91 Å². The fourth-order valence-electron chi connectivity index (χ4n) is 1.50. The molecule has 0 fully saturated rings. The van der Waals surface area contributed by atoms with Crippen molar-refractivity contribution in [2.75, 3.05) is 0 Å². The van der Waals surface area contributed by atoms with Gasteiger partial charge in [-0.2, -0.15) is 0 Å². The molecule has 4 nitrogen and oxygen atoms in total. The van der Waals surface area contributed by atoms with Crippen molar-refractivity contribution in [2.24, 2.45) is 0 Å². The number of hydrogen-bond donors (Lipinski definition) is 1. The molecule has 1 aromatic heterocycles. The van der Waals surface area contributed by atoms with Crippen molar-refractivity contribution in [1.29, 1.82) is 0 Å². The van der Waals surface area contributed by atoms with Crippen LogP contribution in [0.5, 0.6) is 0 Å². The highest BCUT2D eigenvalue weighted by molar-refractivity contribution is 9.10. The summed E-state index contributed by atoms with van der Waals surface area (Å²) in [4.78, 5) is 16.1. The van der Waals surface area contributed by atoms with Crippen LogP contribution in [0.25, 0.3) is 0 Å². The average Bonchev–Trinajstić information content (AvgIpc) is 2.66. The van der Waals surface area contributed by atoms with Crippen LogP contribution in [0.4, 0.5) is 0 Å². The Balaban J connectivity index is 2.00. The largest absolute Gasteiger partial charge is 0.444 e. The second-order valence-corrected chi connectivity index (χ2v) is 4.86. The van der Waals surface area contributed by atoms with E-state index in [1.165, 1.54) is 0 Å². The number of carbonyl (C=O) groups is 1. The van der Waals surface area contributed by atoms with E-state index in [1.54, 1.807) is 12.1 Å². The van der Waals surface area contributed by atoms with Gasteiger partial charge in [0, 0.05) is 10.0 Å². The van der Waals surface area contributed by atoms with Gasteiger partial charge in [0.15, 0.2) is 0 Å². The minimum Gasteiger partial charge on any atom is -0.444 e. The third-order valence-electron chi connectivity index (χ3n) is 2.56. The summed E-state index contributed by atoms with van der Waals surface area (Å²) in [7, 11) is 0. The van der Waals surface area contributed by atoms with E-state index < -0.39 is 0 Å². The highest BCUT2D eigenvalue weighted by Gasteiger charge is 2.09. The van der Waals surface area contributed by atoms with Crippen LogP contribution in [0, 0.1) is 13.8 Å². The van der Waals surface area contributed by atoms with Gasteiger partial charge < -0.3 is 9.73 Å². The standard InChI is InChI=1S/C13H13BrN2O2/c1-8-9(2)18-12(16-8)7-15-13(17)10-4-3-5-11(14)6-10/h3-6H,7H2,1-2H3,(H,15,17). The van der Waals surface area contributed by atoms with E-state index in [1.807, 2.05) is 26.0 Å². The Bertz CT molecular complexity index is 559. The number of amides is 1. The lowest BCUT2D eigenvalue weighted by molar-refractivity contribution is 0.0947. The molecule has 94 valence electrons. The molecule has 0 spiro atoms. The average molecular weight is 309 g/mol. The number of halogens is 1. The molecule has 0 unspecified atom stereocenters. The van der Waals surface area contributed by atoms with Crippen LogP contribution in [0.3, 0.4) is 0 Å². The minimum absolute atomic E-state index is 0.148. The molecule has 1 N–H and O–H groups in total. The number of rotatable bonds is 3. The molecule has 0 radical (unpaired) electrons. The second-order valence-electron chi connectivity index (χ2n) is 3.94. The van der Waals surface area contributed by atoms with E-state index in [9.17, 15) is 4.79 Å². The number of aryl methyl sites for hydroxylation is 2. The summed E-state index contributed by atoms with van der Waals surface area (Å²) in [6, 6.07) is 7.21. The van der Waals surface area contributed by atoms with Gasteiger partial charge in [-0.05, 0) is 32.0 Å². The number of oxazole rings is 1. The van der Waals surface area contributed by atoms with Crippen molar-refractivity contribution in [2.45, 2.75) is 20.4 Å². The predicted octanol–water partition coefficient (Wildman–Crippen LogP) is 2.98. The molecule has 0 aliphatic heterocycles. The SMILES string of the molecule is Cc1nc(CNC(=O)c2cccc(Br)c2)oc1C. The first-order valence-electron chi connectivity index (χ1n) is 5.53. The molecule has 0 saturated carbocycles. The lowest BCUT2D eigenvalue weighted by Gasteiger charge is -2.02. The number of carbonyl (C=O) groups excluding carboxylic acids is 1. The van der Waals surface area contributed by atoms with Crippen molar-refractivity contribution in [3.05, 3.63) is 51.6 Å². The summed E-state index contributed by atoms with van der Waals surface area (Å²) in [5.41, 5.74) is 1.45. The normalized spacial score (nSPS) is 10.4. The Morgan fingerprint density at radius 1 is 1.44 bits per heavy atom. The first kappa shape index (κ1) is 12.8. The highest BCUT2D eigenvalue weighted by atomic mass is 79.9. The quantitative estimate of drug-likeness (QED) is 0.948. The van der Waals surface area contributed by atoms with E-state index in [0.29, 0.717) is 18.0 Å². The van der Waals surface area contributed by atoms with Gasteiger partial charge in [-0.25, -0.2) is 4.98 Å². The van der Waals surface area contributed by atoms with Gasteiger partial charge in [-0.3, -0.25) is 4.79 Å². The van der Waals surface area contributed by atoms with E-state index in [4.69, 9.17) is 4.42 Å². The number of nitrogens with one attached hydrogen (secondary N) is 1. The summed E-state index contributed by atoms with van der Waals surface area (Å²) in [6.07, 6.45) is 0. The van der Waals surface area contributed by atoms with Gasteiger partial charge in [0.05, 0.1) is 12.2 Å². The minimum atomic E-state index is -0.148. The summed E-state index contributed by atoms with van der Waals surface area (Å²) in [6.45, 7) is 4.01. The molecule has 0 bridgehead atoms. The third kappa shape index (κ3) is 2.98. The van der Waals surface area contributed by atoms with E-state index >= 15 is 0 Å². The first-order valence-corrected chi connectivity index (χ1v) is 6.32. The fraction of sp³-hybridized carbons (Fsp3) is 0.231. The maximum absolute atomic E-state index is 11.9. The molecule has 18 heavy (non-hydrogen) atoms. The van der Waals surface area contributed by atoms with Crippen LogP contribution in [0.1, 0.15) is 27.7 Å². The van der Waals surface area contributed by atoms with E-state index in [2.05, 4.69) is 26.2 Å². The Hall–Kier alpha value is -1.62. The first-order chi connectivity index (χ1) is 8.56. The molecule has 1 heterocycles. The zero-order valence-electron chi connectivity index (χ0n) is 10.2. The maximum Gasteiger partial charge on any atom is 0.251 e. The lowest BCUT2D eigenvalue weighted by Crippen LogP contribution is -2.22. The summed E-state index contributed by atoms with van der Waals surface area (Å²) in [5, 5.41) is 2.77. The molecule has 2 aromatic rings. The van der Waals surface area contributed by atoms with Crippen LogP contribution in [0.2, 0.25) is 0 Å². The van der Waals surface area contributed by atoms with Crippen molar-refractivity contribution in [3.63, 3.8) is 0 Å². The Morgan fingerprint density at radius 3 is 2.83 bits per heavy atom. The summed E-state index contributed by atoms with van der Waals surface area (Å²) in [5.74, 6) is 1.15. The van der Waals surface area contributed by atoms with Crippen LogP contribution in [-0.4, -0.2) is 10.9 Å². The summed E-state index contributed by atoms with van der Waals surface area (Å²) >= 11 is 3.33. The molecule has 0 aliphatic rings. The monoisotopic (exact) mass is 308 g/mol. The number of benzene rings is 1. The summed E-state index contributed by atoms with van der Waals surface area (Å²) < 4.78 is 6.26.